The minimum absolute atomic E-state index is 0.504. The first kappa shape index (κ1) is 13.3. The Labute approximate surface area is 88.5 Å². The minimum atomic E-state index is 0.504. The Morgan fingerprint density at radius 2 is 1.93 bits per heavy atom. The van der Waals surface area contributed by atoms with Gasteiger partial charge in [-0.05, 0) is 38.5 Å². The first-order valence-corrected chi connectivity index (χ1v) is 5.41. The van der Waals surface area contributed by atoms with Gasteiger partial charge in [-0.25, -0.2) is 0 Å². The average Bonchev–Trinajstić information content (AvgIpc) is 2.35. The molecule has 0 heterocycles. The van der Waals surface area contributed by atoms with Crippen LogP contribution in [0.5, 0.6) is 0 Å². The van der Waals surface area contributed by atoms with Gasteiger partial charge in [-0.1, -0.05) is 38.0 Å². The summed E-state index contributed by atoms with van der Waals surface area (Å²) >= 11 is 0. The van der Waals surface area contributed by atoms with Crippen molar-refractivity contribution >= 4 is 0 Å². The number of hydrogen-bond acceptors (Lipinski definition) is 1. The molecule has 1 heteroatoms. The lowest BCUT2D eigenvalue weighted by molar-refractivity contribution is 0.443. The minimum Gasteiger partial charge on any atom is -0.516 e. The molecule has 0 fully saturated rings. The monoisotopic (exact) mass is 196 g/mol. The molecular formula is C13H24O. The third-order valence-electron chi connectivity index (χ3n) is 3.12. The molecule has 0 unspecified atom stereocenters. The van der Waals surface area contributed by atoms with Crippen LogP contribution < -0.4 is 0 Å². The maximum absolute atomic E-state index is 7.89. The molecule has 0 atom stereocenters. The lowest BCUT2D eigenvalue weighted by atomic mass is 9.87. The number of allylic oxidation sites excluding steroid dienone is 3. The van der Waals surface area contributed by atoms with Gasteiger partial charge in [-0.2, -0.15) is 0 Å². The van der Waals surface area contributed by atoms with E-state index >= 15 is 0 Å². The number of rotatable bonds is 1. The van der Waals surface area contributed by atoms with Gasteiger partial charge in [0, 0.05) is 0 Å². The lowest BCUT2D eigenvalue weighted by Gasteiger charge is -2.18. The summed E-state index contributed by atoms with van der Waals surface area (Å²) in [7, 11) is 0. The van der Waals surface area contributed by atoms with E-state index in [1.54, 1.807) is 17.2 Å². The summed E-state index contributed by atoms with van der Waals surface area (Å²) in [6, 6.07) is 0. The summed E-state index contributed by atoms with van der Waals surface area (Å²) in [4.78, 5) is 0. The van der Waals surface area contributed by atoms with Crippen molar-refractivity contribution in [2.45, 2.75) is 53.9 Å². The highest BCUT2D eigenvalue weighted by molar-refractivity contribution is 5.22. The second-order valence-electron chi connectivity index (χ2n) is 4.58. The Hall–Kier alpha value is -0.720. The molecule has 0 amide bonds. The number of aliphatic hydroxyl groups is 1. The maximum Gasteiger partial charge on any atom is 0.0751 e. The van der Waals surface area contributed by atoms with Crippen LogP contribution in [-0.4, -0.2) is 5.11 Å². The van der Waals surface area contributed by atoms with Gasteiger partial charge in [0.2, 0.25) is 0 Å². The van der Waals surface area contributed by atoms with Gasteiger partial charge in [0.25, 0.3) is 0 Å². The van der Waals surface area contributed by atoms with Crippen LogP contribution in [-0.2, 0) is 0 Å². The van der Waals surface area contributed by atoms with Crippen molar-refractivity contribution in [3.63, 3.8) is 0 Å². The van der Waals surface area contributed by atoms with E-state index < -0.39 is 0 Å². The molecule has 0 aromatic carbocycles. The molecule has 14 heavy (non-hydrogen) atoms. The quantitative estimate of drug-likeness (QED) is 0.479. The molecule has 0 saturated carbocycles. The molecule has 0 aliphatic heterocycles. The molecule has 1 rings (SSSR count). The fraction of sp³-hybridized carbons (Fsp3) is 0.692. The van der Waals surface area contributed by atoms with E-state index in [4.69, 9.17) is 5.11 Å². The van der Waals surface area contributed by atoms with E-state index in [0.29, 0.717) is 5.41 Å². The highest BCUT2D eigenvalue weighted by atomic mass is 16.2. The normalized spacial score (nSPS) is 19.8. The van der Waals surface area contributed by atoms with E-state index in [1.165, 1.54) is 12.8 Å². The van der Waals surface area contributed by atoms with Crippen LogP contribution in [0.15, 0.2) is 23.5 Å². The summed E-state index contributed by atoms with van der Waals surface area (Å²) in [6.07, 6.45) is 6.32. The standard InChI is InChI=1S/C9H16.C4H8O/c1-7-5-6-9(3,4)8(7)2;1-2-3-4-5/h5-6H2,1-4H3;3-5H,2H2,1H3/b;4-3+. The summed E-state index contributed by atoms with van der Waals surface area (Å²) in [5, 5.41) is 7.89. The second-order valence-corrected chi connectivity index (χ2v) is 4.58. The molecular weight excluding hydrogens is 172 g/mol. The largest absolute Gasteiger partial charge is 0.516 e. The molecule has 1 nitrogen and oxygen atoms in total. The van der Waals surface area contributed by atoms with Crippen LogP contribution in [0.4, 0.5) is 0 Å². The van der Waals surface area contributed by atoms with Crippen molar-refractivity contribution in [1.29, 1.82) is 0 Å². The maximum atomic E-state index is 7.89. The Kier molecular flexibility index (Phi) is 5.59. The molecule has 1 aliphatic rings. The Morgan fingerprint density at radius 1 is 1.36 bits per heavy atom. The second kappa shape index (κ2) is 5.90. The summed E-state index contributed by atoms with van der Waals surface area (Å²) < 4.78 is 0. The zero-order valence-electron chi connectivity index (χ0n) is 10.2. The zero-order chi connectivity index (χ0) is 11.2. The van der Waals surface area contributed by atoms with E-state index in [9.17, 15) is 0 Å². The van der Waals surface area contributed by atoms with E-state index in [2.05, 4.69) is 27.7 Å². The first-order valence-electron chi connectivity index (χ1n) is 5.41. The topological polar surface area (TPSA) is 20.2 Å². The zero-order valence-corrected chi connectivity index (χ0v) is 10.2. The van der Waals surface area contributed by atoms with Gasteiger partial charge < -0.3 is 5.11 Å². The third kappa shape index (κ3) is 3.99. The van der Waals surface area contributed by atoms with Crippen LogP contribution in [0.25, 0.3) is 0 Å². The lowest BCUT2D eigenvalue weighted by Crippen LogP contribution is -2.06. The number of hydrogen-bond donors (Lipinski definition) is 1. The molecule has 0 aromatic rings. The van der Waals surface area contributed by atoms with E-state index in [0.717, 1.165) is 12.7 Å². The SMILES string of the molecule is CC/C=C/O.CC1=C(C)C(C)(C)CC1. The van der Waals surface area contributed by atoms with Gasteiger partial charge in [0.15, 0.2) is 0 Å². The van der Waals surface area contributed by atoms with Crippen molar-refractivity contribution in [2.24, 2.45) is 5.41 Å². The van der Waals surface area contributed by atoms with Crippen molar-refractivity contribution in [2.75, 3.05) is 0 Å². The van der Waals surface area contributed by atoms with E-state index in [1.807, 2.05) is 6.92 Å². The van der Waals surface area contributed by atoms with Crippen molar-refractivity contribution in [3.05, 3.63) is 23.5 Å². The molecule has 0 saturated heterocycles. The molecule has 82 valence electrons. The van der Waals surface area contributed by atoms with Gasteiger partial charge in [0.05, 0.1) is 6.26 Å². The summed E-state index contributed by atoms with van der Waals surface area (Å²) in [5.41, 5.74) is 3.73. The Morgan fingerprint density at radius 3 is 2.00 bits per heavy atom. The van der Waals surface area contributed by atoms with E-state index in [-0.39, 0.29) is 0 Å². The summed E-state index contributed by atoms with van der Waals surface area (Å²) in [5.74, 6) is 0. The highest BCUT2D eigenvalue weighted by Gasteiger charge is 2.26. The van der Waals surface area contributed by atoms with Crippen LogP contribution >= 0.6 is 0 Å². The predicted octanol–water partition coefficient (Wildman–Crippen LogP) is 4.61. The predicted molar refractivity (Wildman–Crippen MR) is 63.4 cm³/mol. The fourth-order valence-corrected chi connectivity index (χ4v) is 1.56. The Balaban J connectivity index is 0.000000292. The van der Waals surface area contributed by atoms with Crippen LogP contribution in [0.1, 0.15) is 53.9 Å². The molecule has 0 aromatic heterocycles. The van der Waals surface area contributed by atoms with Crippen LogP contribution in [0, 0.1) is 5.41 Å². The van der Waals surface area contributed by atoms with Crippen LogP contribution in [0.3, 0.4) is 0 Å². The highest BCUT2D eigenvalue weighted by Crippen LogP contribution is 2.41. The molecule has 1 N–H and O–H groups in total. The van der Waals surface area contributed by atoms with Crippen LogP contribution in [0.2, 0.25) is 0 Å². The third-order valence-corrected chi connectivity index (χ3v) is 3.12. The van der Waals surface area contributed by atoms with Crippen molar-refractivity contribution in [1.82, 2.24) is 0 Å². The van der Waals surface area contributed by atoms with Crippen molar-refractivity contribution in [3.8, 4) is 0 Å². The summed E-state index contributed by atoms with van der Waals surface area (Å²) in [6.45, 7) is 11.1. The number of aliphatic hydroxyl groups excluding tert-OH is 1. The van der Waals surface area contributed by atoms with Gasteiger partial charge in [-0.15, -0.1) is 0 Å². The Bertz CT molecular complexity index is 221. The molecule has 0 radical (unpaired) electrons. The van der Waals surface area contributed by atoms with Gasteiger partial charge >= 0.3 is 0 Å². The first-order chi connectivity index (χ1) is 6.45. The fourth-order valence-electron chi connectivity index (χ4n) is 1.56. The molecule has 1 aliphatic carbocycles. The molecule has 0 spiro atoms. The average molecular weight is 196 g/mol. The van der Waals surface area contributed by atoms with Gasteiger partial charge in [0.1, 0.15) is 0 Å². The molecule has 0 bridgehead atoms. The van der Waals surface area contributed by atoms with Gasteiger partial charge in [-0.3, -0.25) is 0 Å². The smallest absolute Gasteiger partial charge is 0.0751 e. The van der Waals surface area contributed by atoms with Crippen molar-refractivity contribution < 1.29 is 5.11 Å².